The van der Waals surface area contributed by atoms with Gasteiger partial charge in [0.1, 0.15) is 0 Å². The first-order chi connectivity index (χ1) is 9.65. The zero-order valence-electron chi connectivity index (χ0n) is 12.7. The molecule has 1 aliphatic carbocycles. The molecule has 1 N–H and O–H groups in total. The van der Waals surface area contributed by atoms with Gasteiger partial charge in [-0.15, -0.1) is 11.3 Å². The van der Waals surface area contributed by atoms with E-state index in [1.165, 1.54) is 28.5 Å². The minimum atomic E-state index is 0.709. The Kier molecular flexibility index (Phi) is 4.58. The zero-order chi connectivity index (χ0) is 14.1. The predicted octanol–water partition coefficient (Wildman–Crippen LogP) is 3.29. The molecule has 0 aromatic carbocycles. The molecular weight excluding hydrogens is 286 g/mol. The third-order valence-corrected chi connectivity index (χ3v) is 6.31. The molecule has 1 saturated heterocycles. The van der Waals surface area contributed by atoms with Gasteiger partial charge in [-0.1, -0.05) is 20.8 Å². The van der Waals surface area contributed by atoms with Crippen molar-refractivity contribution >= 4 is 28.2 Å². The van der Waals surface area contributed by atoms with Crippen molar-refractivity contribution in [1.29, 1.82) is 0 Å². The molecule has 3 nitrogen and oxygen atoms in total. The summed E-state index contributed by atoms with van der Waals surface area (Å²) in [4.78, 5) is 8.86. The number of hydrogen-bond donors (Lipinski definition) is 1. The van der Waals surface area contributed by atoms with Crippen LogP contribution in [0.2, 0.25) is 0 Å². The van der Waals surface area contributed by atoms with Gasteiger partial charge in [0.05, 0.1) is 5.69 Å². The fraction of sp³-hybridized carbons (Fsp3) is 0.800. The highest BCUT2D eigenvalue weighted by molar-refractivity contribution is 8.00. The van der Waals surface area contributed by atoms with Crippen molar-refractivity contribution in [1.82, 2.24) is 10.3 Å². The van der Waals surface area contributed by atoms with E-state index in [1.807, 2.05) is 11.3 Å². The quantitative estimate of drug-likeness (QED) is 0.903. The van der Waals surface area contributed by atoms with Gasteiger partial charge in [-0.05, 0) is 19.3 Å². The summed E-state index contributed by atoms with van der Waals surface area (Å²) in [6.45, 7) is 10.2. The molecule has 1 aromatic heterocycles. The number of hydrogen-bond acceptors (Lipinski definition) is 5. The van der Waals surface area contributed by atoms with Crippen molar-refractivity contribution < 1.29 is 0 Å². The van der Waals surface area contributed by atoms with Gasteiger partial charge in [0, 0.05) is 41.1 Å². The van der Waals surface area contributed by atoms with Gasteiger partial charge in [0.15, 0.2) is 5.13 Å². The number of anilines is 1. The van der Waals surface area contributed by atoms with E-state index in [1.54, 1.807) is 0 Å². The molecule has 2 unspecified atom stereocenters. The molecule has 2 heterocycles. The van der Waals surface area contributed by atoms with Gasteiger partial charge in [-0.25, -0.2) is 4.98 Å². The Labute approximate surface area is 130 Å². The van der Waals surface area contributed by atoms with Gasteiger partial charge in [-0.3, -0.25) is 0 Å². The van der Waals surface area contributed by atoms with Crippen molar-refractivity contribution in [2.45, 2.75) is 63.1 Å². The van der Waals surface area contributed by atoms with Crippen LogP contribution in [0.25, 0.3) is 0 Å². The van der Waals surface area contributed by atoms with Crippen molar-refractivity contribution in [2.75, 3.05) is 18.0 Å². The van der Waals surface area contributed by atoms with Crippen LogP contribution in [-0.4, -0.2) is 34.6 Å². The molecule has 2 aliphatic rings. The van der Waals surface area contributed by atoms with Gasteiger partial charge in [-0.2, -0.15) is 11.8 Å². The molecule has 0 amide bonds. The predicted molar refractivity (Wildman–Crippen MR) is 90.1 cm³/mol. The Morgan fingerprint density at radius 1 is 1.25 bits per heavy atom. The van der Waals surface area contributed by atoms with Crippen molar-refractivity contribution in [3.63, 3.8) is 0 Å². The van der Waals surface area contributed by atoms with E-state index in [0.717, 1.165) is 32.1 Å². The molecule has 2 fully saturated rings. The van der Waals surface area contributed by atoms with E-state index < -0.39 is 0 Å². The standard InChI is InChI=1S/C15H25N3S2/c1-4-13-14(7-16-12-5-6-12)20-15(17-13)18-8-10(2)19-11(3)9-18/h10-12,16H,4-9H2,1-3H3. The zero-order valence-corrected chi connectivity index (χ0v) is 14.3. The Morgan fingerprint density at radius 3 is 2.55 bits per heavy atom. The molecule has 1 saturated carbocycles. The minimum absolute atomic E-state index is 0.709. The van der Waals surface area contributed by atoms with Gasteiger partial charge in [0.2, 0.25) is 0 Å². The van der Waals surface area contributed by atoms with Crippen LogP contribution < -0.4 is 10.2 Å². The summed E-state index contributed by atoms with van der Waals surface area (Å²) < 4.78 is 0. The highest BCUT2D eigenvalue weighted by Gasteiger charge is 2.26. The molecule has 0 radical (unpaired) electrons. The lowest BCUT2D eigenvalue weighted by Crippen LogP contribution is -2.40. The second-order valence-corrected chi connectivity index (χ2v) is 8.98. The SMILES string of the molecule is CCc1nc(N2CC(C)SC(C)C2)sc1CNC1CC1. The first-order valence-electron chi connectivity index (χ1n) is 7.78. The molecule has 0 spiro atoms. The molecule has 112 valence electrons. The van der Waals surface area contributed by atoms with Crippen LogP contribution in [0.1, 0.15) is 44.2 Å². The first-order valence-corrected chi connectivity index (χ1v) is 9.54. The topological polar surface area (TPSA) is 28.2 Å². The van der Waals surface area contributed by atoms with Crippen molar-refractivity contribution in [3.8, 4) is 0 Å². The number of nitrogens with one attached hydrogen (secondary N) is 1. The number of thiazole rings is 1. The third-order valence-electron chi connectivity index (χ3n) is 3.92. The maximum absolute atomic E-state index is 4.91. The van der Waals surface area contributed by atoms with Crippen LogP contribution in [0.3, 0.4) is 0 Å². The van der Waals surface area contributed by atoms with E-state index >= 15 is 0 Å². The smallest absolute Gasteiger partial charge is 0.185 e. The Hall–Kier alpha value is -0.260. The summed E-state index contributed by atoms with van der Waals surface area (Å²) in [5.41, 5.74) is 1.30. The normalized spacial score (nSPS) is 27.1. The van der Waals surface area contributed by atoms with E-state index in [-0.39, 0.29) is 0 Å². The van der Waals surface area contributed by atoms with Crippen LogP contribution >= 0.6 is 23.1 Å². The number of aromatic nitrogens is 1. The average molecular weight is 312 g/mol. The summed E-state index contributed by atoms with van der Waals surface area (Å²) in [7, 11) is 0. The molecule has 1 aliphatic heterocycles. The second kappa shape index (κ2) is 6.24. The molecular formula is C15H25N3S2. The second-order valence-electron chi connectivity index (χ2n) is 6.04. The van der Waals surface area contributed by atoms with Gasteiger partial charge in [0.25, 0.3) is 0 Å². The maximum Gasteiger partial charge on any atom is 0.185 e. The number of thioether (sulfide) groups is 1. The molecule has 5 heteroatoms. The summed E-state index contributed by atoms with van der Waals surface area (Å²) >= 11 is 4.01. The van der Waals surface area contributed by atoms with Crippen LogP contribution in [0.4, 0.5) is 5.13 Å². The lowest BCUT2D eigenvalue weighted by Gasteiger charge is -2.34. The third kappa shape index (κ3) is 3.49. The fourth-order valence-corrected chi connectivity index (χ4v) is 5.22. The van der Waals surface area contributed by atoms with Gasteiger partial charge >= 0.3 is 0 Å². The van der Waals surface area contributed by atoms with Crippen molar-refractivity contribution in [2.24, 2.45) is 0 Å². The summed E-state index contributed by atoms with van der Waals surface area (Å²) in [6.07, 6.45) is 3.75. The highest BCUT2D eigenvalue weighted by Crippen LogP contribution is 2.33. The number of nitrogens with zero attached hydrogens (tertiary/aromatic N) is 2. The first kappa shape index (κ1) is 14.7. The molecule has 0 bridgehead atoms. The van der Waals surface area contributed by atoms with E-state index in [0.29, 0.717) is 10.5 Å². The maximum atomic E-state index is 4.91. The lowest BCUT2D eigenvalue weighted by atomic mass is 10.3. The van der Waals surface area contributed by atoms with E-state index in [4.69, 9.17) is 4.98 Å². The highest BCUT2D eigenvalue weighted by atomic mass is 32.2. The molecule has 2 atom stereocenters. The summed E-state index contributed by atoms with van der Waals surface area (Å²) in [6, 6.07) is 0.775. The Morgan fingerprint density at radius 2 is 1.95 bits per heavy atom. The monoisotopic (exact) mass is 311 g/mol. The van der Waals surface area contributed by atoms with Crippen LogP contribution in [-0.2, 0) is 13.0 Å². The molecule has 1 aromatic rings. The average Bonchev–Trinajstić information content (AvgIpc) is 3.14. The Bertz CT molecular complexity index is 446. The van der Waals surface area contributed by atoms with Crippen LogP contribution in [0.5, 0.6) is 0 Å². The molecule has 3 rings (SSSR count). The van der Waals surface area contributed by atoms with Crippen LogP contribution in [0, 0.1) is 0 Å². The van der Waals surface area contributed by atoms with Gasteiger partial charge < -0.3 is 10.2 Å². The van der Waals surface area contributed by atoms with E-state index in [9.17, 15) is 0 Å². The Balaban J connectivity index is 1.71. The van der Waals surface area contributed by atoms with E-state index in [2.05, 4.69) is 42.7 Å². The van der Waals surface area contributed by atoms with Crippen LogP contribution in [0.15, 0.2) is 0 Å². The lowest BCUT2D eigenvalue weighted by molar-refractivity contribution is 0.688. The molecule has 20 heavy (non-hydrogen) atoms. The summed E-state index contributed by atoms with van der Waals surface area (Å²) in [5, 5.41) is 6.29. The number of rotatable bonds is 5. The van der Waals surface area contributed by atoms with Crippen molar-refractivity contribution in [3.05, 3.63) is 10.6 Å². The number of aryl methyl sites for hydroxylation is 1. The largest absolute Gasteiger partial charge is 0.346 e. The summed E-state index contributed by atoms with van der Waals surface area (Å²) in [5.74, 6) is 0. The fourth-order valence-electron chi connectivity index (χ4n) is 2.78. The minimum Gasteiger partial charge on any atom is -0.346 e.